The first-order valence-corrected chi connectivity index (χ1v) is 8.76. The molecule has 2 aromatic carbocycles. The normalized spacial score (nSPS) is 11.3. The maximum absolute atomic E-state index is 12.9. The first-order chi connectivity index (χ1) is 11.9. The Labute approximate surface area is 143 Å². The molecule has 0 amide bonds. The smallest absolute Gasteiger partial charge is 0.261 e. The molecule has 0 aliphatic rings. The fraction of sp³-hybridized carbons (Fsp3) is 0.133. The highest BCUT2D eigenvalue weighted by Crippen LogP contribution is 2.17. The minimum atomic E-state index is -3.74. The van der Waals surface area contributed by atoms with Crippen LogP contribution >= 0.6 is 0 Å². The van der Waals surface area contributed by atoms with Crippen LogP contribution in [0.2, 0.25) is 0 Å². The molecule has 0 bridgehead atoms. The number of nitrogens with zero attached hydrogens (tertiary/aromatic N) is 4. The van der Waals surface area contributed by atoms with Gasteiger partial charge in [-0.3, -0.25) is 4.72 Å². The maximum Gasteiger partial charge on any atom is 0.261 e. The molecule has 0 aliphatic carbocycles. The number of rotatable bonds is 6. The van der Waals surface area contributed by atoms with Gasteiger partial charge < -0.3 is 5.32 Å². The van der Waals surface area contributed by atoms with Crippen LogP contribution in [0.15, 0.2) is 53.4 Å². The molecule has 0 atom stereocenters. The SMILES string of the molecule is Cn1nnnc1NCc1ccc(S(=O)(=O)Nc2ccc(F)cc2)cc1. The Morgan fingerprint density at radius 1 is 1.08 bits per heavy atom. The molecule has 0 radical (unpaired) electrons. The Bertz CT molecular complexity index is 954. The van der Waals surface area contributed by atoms with Crippen LogP contribution in [0.3, 0.4) is 0 Å². The highest BCUT2D eigenvalue weighted by Gasteiger charge is 2.14. The quantitative estimate of drug-likeness (QED) is 0.693. The summed E-state index contributed by atoms with van der Waals surface area (Å²) in [7, 11) is -2.03. The Morgan fingerprint density at radius 2 is 1.76 bits per heavy atom. The monoisotopic (exact) mass is 362 g/mol. The Hall–Kier alpha value is -3.01. The molecule has 0 saturated carbocycles. The van der Waals surface area contributed by atoms with Gasteiger partial charge in [0.15, 0.2) is 0 Å². The van der Waals surface area contributed by atoms with E-state index in [0.29, 0.717) is 18.2 Å². The first-order valence-electron chi connectivity index (χ1n) is 7.27. The fourth-order valence-corrected chi connectivity index (χ4v) is 3.14. The van der Waals surface area contributed by atoms with Crippen molar-refractivity contribution in [2.45, 2.75) is 11.4 Å². The van der Waals surface area contributed by atoms with Gasteiger partial charge in [-0.2, -0.15) is 0 Å². The van der Waals surface area contributed by atoms with Gasteiger partial charge in [-0.1, -0.05) is 17.2 Å². The van der Waals surface area contributed by atoms with Gasteiger partial charge in [-0.05, 0) is 52.4 Å². The average molecular weight is 362 g/mol. The van der Waals surface area contributed by atoms with Crippen molar-refractivity contribution < 1.29 is 12.8 Å². The van der Waals surface area contributed by atoms with Gasteiger partial charge in [0.25, 0.3) is 10.0 Å². The van der Waals surface area contributed by atoms with Crippen molar-refractivity contribution in [2.24, 2.45) is 7.05 Å². The van der Waals surface area contributed by atoms with Crippen LogP contribution in [-0.4, -0.2) is 28.6 Å². The molecule has 0 saturated heterocycles. The van der Waals surface area contributed by atoms with Crippen molar-refractivity contribution in [1.82, 2.24) is 20.2 Å². The third-order valence-corrected chi connectivity index (χ3v) is 4.80. The van der Waals surface area contributed by atoms with Crippen LogP contribution in [0.1, 0.15) is 5.56 Å². The zero-order valence-electron chi connectivity index (χ0n) is 13.2. The van der Waals surface area contributed by atoms with E-state index < -0.39 is 15.8 Å². The van der Waals surface area contributed by atoms with Gasteiger partial charge in [0, 0.05) is 19.3 Å². The molecule has 0 aliphatic heterocycles. The summed E-state index contributed by atoms with van der Waals surface area (Å²) in [6.07, 6.45) is 0. The lowest BCUT2D eigenvalue weighted by Gasteiger charge is -2.09. The highest BCUT2D eigenvalue weighted by atomic mass is 32.2. The summed E-state index contributed by atoms with van der Waals surface area (Å²) in [5, 5.41) is 14.1. The van der Waals surface area contributed by atoms with Gasteiger partial charge >= 0.3 is 0 Å². The summed E-state index contributed by atoms with van der Waals surface area (Å²) in [5.74, 6) is 0.0765. The van der Waals surface area contributed by atoms with Crippen LogP contribution in [-0.2, 0) is 23.6 Å². The lowest BCUT2D eigenvalue weighted by Crippen LogP contribution is -2.13. The summed E-state index contributed by atoms with van der Waals surface area (Å²) >= 11 is 0. The van der Waals surface area contributed by atoms with Gasteiger partial charge in [0.2, 0.25) is 5.95 Å². The van der Waals surface area contributed by atoms with Crippen LogP contribution in [0.25, 0.3) is 0 Å². The Kier molecular flexibility index (Phi) is 4.61. The topological polar surface area (TPSA) is 102 Å². The zero-order chi connectivity index (χ0) is 17.9. The predicted octanol–water partition coefficient (Wildman–Crippen LogP) is 1.76. The number of tetrazole rings is 1. The molecule has 1 heterocycles. The van der Waals surface area contributed by atoms with E-state index in [4.69, 9.17) is 0 Å². The van der Waals surface area contributed by atoms with Gasteiger partial charge in [0.1, 0.15) is 5.82 Å². The van der Waals surface area contributed by atoms with E-state index >= 15 is 0 Å². The van der Waals surface area contributed by atoms with Crippen molar-refractivity contribution in [3.8, 4) is 0 Å². The number of aryl methyl sites for hydroxylation is 1. The minimum Gasteiger partial charge on any atom is -0.349 e. The largest absolute Gasteiger partial charge is 0.349 e. The average Bonchev–Trinajstić information content (AvgIpc) is 3.00. The number of halogens is 1. The lowest BCUT2D eigenvalue weighted by molar-refractivity contribution is 0.601. The number of benzene rings is 2. The number of sulfonamides is 1. The molecule has 25 heavy (non-hydrogen) atoms. The van der Waals surface area contributed by atoms with Gasteiger partial charge in [-0.15, -0.1) is 0 Å². The summed E-state index contributed by atoms with van der Waals surface area (Å²) in [5.41, 5.74) is 1.16. The summed E-state index contributed by atoms with van der Waals surface area (Å²) in [6.45, 7) is 0.444. The molecule has 0 spiro atoms. The van der Waals surface area contributed by atoms with Crippen molar-refractivity contribution in [1.29, 1.82) is 0 Å². The van der Waals surface area contributed by atoms with E-state index in [1.54, 1.807) is 19.2 Å². The van der Waals surface area contributed by atoms with Gasteiger partial charge in [0.05, 0.1) is 4.90 Å². The van der Waals surface area contributed by atoms with Crippen LogP contribution in [0.4, 0.5) is 16.0 Å². The predicted molar refractivity (Wildman–Crippen MR) is 89.8 cm³/mol. The van der Waals surface area contributed by atoms with E-state index in [1.807, 2.05) is 0 Å². The van der Waals surface area contributed by atoms with E-state index in [2.05, 4.69) is 25.6 Å². The number of aromatic nitrogens is 4. The number of anilines is 2. The summed E-state index contributed by atoms with van der Waals surface area (Å²) < 4.78 is 41.5. The van der Waals surface area contributed by atoms with Crippen molar-refractivity contribution in [3.05, 3.63) is 59.9 Å². The number of hydrogen-bond donors (Lipinski definition) is 2. The summed E-state index contributed by atoms with van der Waals surface area (Å²) in [4.78, 5) is 0.112. The standard InChI is InChI=1S/C15H15FN6O2S/c1-22-15(18-20-21-22)17-10-11-2-8-14(9-3-11)25(23,24)19-13-6-4-12(16)5-7-13/h2-9,19H,10H2,1H3,(H,17,18,21). The molecular weight excluding hydrogens is 347 g/mol. The number of nitrogens with one attached hydrogen (secondary N) is 2. The zero-order valence-corrected chi connectivity index (χ0v) is 14.0. The minimum absolute atomic E-state index is 0.112. The van der Waals surface area contributed by atoms with Crippen LogP contribution < -0.4 is 10.0 Å². The van der Waals surface area contributed by atoms with E-state index in [1.165, 1.54) is 41.1 Å². The molecule has 130 valence electrons. The summed E-state index contributed by atoms with van der Waals surface area (Å²) in [6, 6.07) is 11.5. The molecule has 3 aromatic rings. The molecule has 1 aromatic heterocycles. The Balaban J connectivity index is 1.68. The lowest BCUT2D eigenvalue weighted by atomic mass is 10.2. The van der Waals surface area contributed by atoms with Crippen molar-refractivity contribution in [2.75, 3.05) is 10.0 Å². The van der Waals surface area contributed by atoms with E-state index in [-0.39, 0.29) is 4.90 Å². The Morgan fingerprint density at radius 3 is 2.36 bits per heavy atom. The molecule has 0 unspecified atom stereocenters. The molecule has 10 heteroatoms. The molecule has 3 rings (SSSR count). The third kappa shape index (κ3) is 4.10. The molecule has 0 fully saturated rings. The number of hydrogen-bond acceptors (Lipinski definition) is 6. The molecule has 8 nitrogen and oxygen atoms in total. The second kappa shape index (κ2) is 6.85. The van der Waals surface area contributed by atoms with Crippen molar-refractivity contribution >= 4 is 21.7 Å². The van der Waals surface area contributed by atoms with Crippen molar-refractivity contribution in [3.63, 3.8) is 0 Å². The highest BCUT2D eigenvalue weighted by molar-refractivity contribution is 7.92. The molecule has 2 N–H and O–H groups in total. The van der Waals surface area contributed by atoms with Crippen LogP contribution in [0.5, 0.6) is 0 Å². The molecular formula is C15H15FN6O2S. The maximum atomic E-state index is 12.9. The first kappa shape index (κ1) is 16.8. The second-order valence-electron chi connectivity index (χ2n) is 5.24. The van der Waals surface area contributed by atoms with E-state index in [0.717, 1.165) is 5.56 Å². The van der Waals surface area contributed by atoms with E-state index in [9.17, 15) is 12.8 Å². The van der Waals surface area contributed by atoms with Crippen LogP contribution in [0, 0.1) is 5.82 Å². The third-order valence-electron chi connectivity index (χ3n) is 3.40. The fourth-order valence-electron chi connectivity index (χ4n) is 2.08. The van der Waals surface area contributed by atoms with Gasteiger partial charge in [-0.25, -0.2) is 17.5 Å². The second-order valence-corrected chi connectivity index (χ2v) is 6.92.